The molecule has 0 aliphatic carbocycles. The van der Waals surface area contributed by atoms with Crippen LogP contribution >= 0.6 is 27.3 Å². The number of rotatable bonds is 3. The van der Waals surface area contributed by atoms with Gasteiger partial charge in [0.2, 0.25) is 0 Å². The zero-order valence-electron chi connectivity index (χ0n) is 10.5. The summed E-state index contributed by atoms with van der Waals surface area (Å²) in [5, 5.41) is 0.950. The molecular weight excluding hydrogens is 331 g/mol. The highest BCUT2D eigenvalue weighted by atomic mass is 79.9. The minimum Gasteiger partial charge on any atom is -0.336 e. The van der Waals surface area contributed by atoms with Gasteiger partial charge in [-0.25, -0.2) is 9.37 Å². The summed E-state index contributed by atoms with van der Waals surface area (Å²) in [6.45, 7) is 2.34. The highest BCUT2D eigenvalue weighted by Gasteiger charge is 2.17. The van der Waals surface area contributed by atoms with Crippen molar-refractivity contribution in [2.75, 3.05) is 7.05 Å². The number of carbonyl (C=O) groups excluding carboxylic acids is 1. The molecule has 0 atom stereocenters. The fraction of sp³-hybridized carbons (Fsp3) is 0.231. The standard InChI is InChI=1S/C13H12BrFN2OS/c1-8-16-6-10(19-8)7-17(2)13(18)11-4-3-9(14)5-12(11)15/h3-6H,7H2,1-2H3. The molecule has 0 unspecified atom stereocenters. The molecule has 0 N–H and O–H groups in total. The van der Waals surface area contributed by atoms with E-state index in [0.29, 0.717) is 11.0 Å². The Hall–Kier alpha value is -1.27. The van der Waals surface area contributed by atoms with Gasteiger partial charge < -0.3 is 4.90 Å². The number of carbonyl (C=O) groups is 1. The Kier molecular flexibility index (Phi) is 4.31. The Morgan fingerprint density at radius 3 is 2.84 bits per heavy atom. The van der Waals surface area contributed by atoms with E-state index in [0.717, 1.165) is 9.88 Å². The summed E-state index contributed by atoms with van der Waals surface area (Å²) >= 11 is 4.70. The van der Waals surface area contributed by atoms with E-state index in [2.05, 4.69) is 20.9 Å². The first-order valence-electron chi connectivity index (χ1n) is 5.59. The molecule has 100 valence electrons. The van der Waals surface area contributed by atoms with E-state index in [9.17, 15) is 9.18 Å². The number of hydrogen-bond donors (Lipinski definition) is 0. The zero-order valence-corrected chi connectivity index (χ0v) is 12.9. The summed E-state index contributed by atoms with van der Waals surface area (Å²) < 4.78 is 14.3. The normalized spacial score (nSPS) is 10.5. The third-order valence-corrected chi connectivity index (χ3v) is 3.96. The SMILES string of the molecule is Cc1ncc(CN(C)C(=O)c2ccc(Br)cc2F)s1. The lowest BCUT2D eigenvalue weighted by Crippen LogP contribution is -2.26. The molecule has 2 rings (SSSR count). The van der Waals surface area contributed by atoms with Crippen LogP contribution in [0.25, 0.3) is 0 Å². The van der Waals surface area contributed by atoms with Crippen molar-refractivity contribution in [1.82, 2.24) is 9.88 Å². The molecule has 1 amide bonds. The van der Waals surface area contributed by atoms with Crippen molar-refractivity contribution in [3.63, 3.8) is 0 Å². The van der Waals surface area contributed by atoms with Crippen molar-refractivity contribution in [2.24, 2.45) is 0 Å². The fourth-order valence-corrected chi connectivity index (χ4v) is 2.83. The van der Waals surface area contributed by atoms with Gasteiger partial charge in [0.15, 0.2) is 0 Å². The molecule has 0 saturated heterocycles. The Balaban J connectivity index is 2.14. The van der Waals surface area contributed by atoms with Gasteiger partial charge in [0.05, 0.1) is 17.1 Å². The van der Waals surface area contributed by atoms with Crippen LogP contribution in [0.1, 0.15) is 20.2 Å². The van der Waals surface area contributed by atoms with Crippen molar-refractivity contribution in [2.45, 2.75) is 13.5 Å². The van der Waals surface area contributed by atoms with Crippen molar-refractivity contribution in [3.8, 4) is 0 Å². The zero-order chi connectivity index (χ0) is 14.0. The molecule has 19 heavy (non-hydrogen) atoms. The van der Waals surface area contributed by atoms with Crippen LogP contribution in [0.4, 0.5) is 4.39 Å². The molecule has 0 bridgehead atoms. The van der Waals surface area contributed by atoms with Gasteiger partial charge in [0.25, 0.3) is 5.91 Å². The maximum atomic E-state index is 13.7. The van der Waals surface area contributed by atoms with E-state index in [-0.39, 0.29) is 11.5 Å². The van der Waals surface area contributed by atoms with Crippen LogP contribution < -0.4 is 0 Å². The number of halogens is 2. The number of aromatic nitrogens is 1. The molecular formula is C13H12BrFN2OS. The number of hydrogen-bond acceptors (Lipinski definition) is 3. The van der Waals surface area contributed by atoms with Crippen LogP contribution in [-0.4, -0.2) is 22.8 Å². The van der Waals surface area contributed by atoms with Crippen LogP contribution in [0.2, 0.25) is 0 Å². The van der Waals surface area contributed by atoms with Crippen molar-refractivity contribution >= 4 is 33.2 Å². The first-order valence-corrected chi connectivity index (χ1v) is 7.20. The number of benzene rings is 1. The quantitative estimate of drug-likeness (QED) is 0.853. The molecule has 3 nitrogen and oxygen atoms in total. The third kappa shape index (κ3) is 3.39. The third-order valence-electron chi connectivity index (χ3n) is 2.57. The Morgan fingerprint density at radius 2 is 2.26 bits per heavy atom. The number of nitrogens with zero attached hydrogens (tertiary/aromatic N) is 2. The van der Waals surface area contributed by atoms with Crippen molar-refractivity contribution in [3.05, 3.63) is 50.1 Å². The van der Waals surface area contributed by atoms with E-state index in [4.69, 9.17) is 0 Å². The molecule has 0 spiro atoms. The van der Waals surface area contributed by atoms with Crippen LogP contribution in [0.15, 0.2) is 28.9 Å². The van der Waals surface area contributed by atoms with Gasteiger partial charge in [-0.2, -0.15) is 0 Å². The second-order valence-electron chi connectivity index (χ2n) is 4.13. The van der Waals surface area contributed by atoms with E-state index < -0.39 is 5.82 Å². The van der Waals surface area contributed by atoms with E-state index in [1.165, 1.54) is 28.4 Å². The molecule has 0 fully saturated rings. The van der Waals surface area contributed by atoms with Crippen LogP contribution in [0, 0.1) is 12.7 Å². The van der Waals surface area contributed by atoms with E-state index in [1.54, 1.807) is 19.3 Å². The van der Waals surface area contributed by atoms with E-state index >= 15 is 0 Å². The fourth-order valence-electron chi connectivity index (χ4n) is 1.65. The van der Waals surface area contributed by atoms with Gasteiger partial charge in [-0.3, -0.25) is 4.79 Å². The Morgan fingerprint density at radius 1 is 1.53 bits per heavy atom. The highest BCUT2D eigenvalue weighted by molar-refractivity contribution is 9.10. The van der Waals surface area contributed by atoms with Gasteiger partial charge in [-0.05, 0) is 25.1 Å². The lowest BCUT2D eigenvalue weighted by atomic mass is 10.2. The second-order valence-corrected chi connectivity index (χ2v) is 6.37. The topological polar surface area (TPSA) is 33.2 Å². The highest BCUT2D eigenvalue weighted by Crippen LogP contribution is 2.18. The number of amides is 1. The molecule has 0 aliphatic rings. The van der Waals surface area contributed by atoms with Gasteiger partial charge in [-0.15, -0.1) is 11.3 Å². The van der Waals surface area contributed by atoms with Crippen LogP contribution in [0.3, 0.4) is 0 Å². The summed E-state index contributed by atoms with van der Waals surface area (Å²) in [4.78, 5) is 18.7. The average molecular weight is 343 g/mol. The molecule has 2 aromatic rings. The molecule has 1 aromatic heterocycles. The lowest BCUT2D eigenvalue weighted by molar-refractivity contribution is 0.0781. The van der Waals surface area contributed by atoms with Crippen LogP contribution in [0.5, 0.6) is 0 Å². The number of aryl methyl sites for hydroxylation is 1. The molecule has 0 radical (unpaired) electrons. The minimum atomic E-state index is -0.522. The van der Waals surface area contributed by atoms with E-state index in [1.807, 2.05) is 6.92 Å². The average Bonchev–Trinajstić information content (AvgIpc) is 2.74. The maximum Gasteiger partial charge on any atom is 0.256 e. The van der Waals surface area contributed by atoms with Gasteiger partial charge in [0.1, 0.15) is 5.82 Å². The lowest BCUT2D eigenvalue weighted by Gasteiger charge is -2.16. The summed E-state index contributed by atoms with van der Waals surface area (Å²) in [7, 11) is 1.65. The van der Waals surface area contributed by atoms with Crippen molar-refractivity contribution < 1.29 is 9.18 Å². The molecule has 0 saturated carbocycles. The summed E-state index contributed by atoms with van der Waals surface area (Å²) in [6, 6.07) is 4.43. The monoisotopic (exact) mass is 342 g/mol. The Bertz CT molecular complexity index is 614. The molecule has 1 heterocycles. The largest absolute Gasteiger partial charge is 0.336 e. The summed E-state index contributed by atoms with van der Waals surface area (Å²) in [5.74, 6) is -0.859. The molecule has 1 aromatic carbocycles. The predicted octanol–water partition coefficient (Wildman–Crippen LogP) is 3.63. The summed E-state index contributed by atoms with van der Waals surface area (Å²) in [6.07, 6.45) is 1.74. The first kappa shape index (κ1) is 14.1. The Labute approximate surface area is 123 Å². The minimum absolute atomic E-state index is 0.0759. The predicted molar refractivity (Wildman–Crippen MR) is 76.7 cm³/mol. The summed E-state index contributed by atoms with van der Waals surface area (Å²) in [5.41, 5.74) is 0.0759. The van der Waals surface area contributed by atoms with Crippen molar-refractivity contribution in [1.29, 1.82) is 0 Å². The smallest absolute Gasteiger partial charge is 0.256 e. The number of thiazole rings is 1. The first-order chi connectivity index (χ1) is 8.97. The maximum absolute atomic E-state index is 13.7. The second kappa shape index (κ2) is 5.79. The van der Waals surface area contributed by atoms with Crippen LogP contribution in [-0.2, 0) is 6.54 Å². The molecule has 0 aliphatic heterocycles. The van der Waals surface area contributed by atoms with Gasteiger partial charge in [0, 0.05) is 22.6 Å². The van der Waals surface area contributed by atoms with Gasteiger partial charge in [-0.1, -0.05) is 15.9 Å². The van der Waals surface area contributed by atoms with Gasteiger partial charge >= 0.3 is 0 Å². The molecule has 6 heteroatoms.